The van der Waals surface area contributed by atoms with Crippen molar-refractivity contribution in [1.29, 1.82) is 5.26 Å². The molecule has 0 aliphatic carbocycles. The number of amides is 1. The quantitative estimate of drug-likeness (QED) is 0.864. The zero-order chi connectivity index (χ0) is 20.1. The summed E-state index contributed by atoms with van der Waals surface area (Å²) >= 11 is 0. The number of carbonyl (C=O) groups is 1. The fourth-order valence-corrected chi connectivity index (χ4v) is 4.04. The van der Waals surface area contributed by atoms with E-state index in [0.717, 1.165) is 24.9 Å². The van der Waals surface area contributed by atoms with Crippen molar-refractivity contribution >= 4 is 5.91 Å². The fraction of sp³-hybridized carbons (Fsp3) is 0.409. The maximum absolute atomic E-state index is 13.0. The number of pyridine rings is 1. The van der Waals surface area contributed by atoms with Gasteiger partial charge in [-0.05, 0) is 51.2 Å². The maximum atomic E-state index is 13.0. The van der Waals surface area contributed by atoms with Gasteiger partial charge in [0.05, 0.1) is 17.9 Å². The van der Waals surface area contributed by atoms with E-state index < -0.39 is 0 Å². The molecule has 6 nitrogen and oxygen atoms in total. The highest BCUT2D eigenvalue weighted by atomic mass is 16.3. The number of piperidine rings is 1. The summed E-state index contributed by atoms with van der Waals surface area (Å²) in [7, 11) is 3.98. The van der Waals surface area contributed by atoms with Crippen LogP contribution >= 0.6 is 0 Å². The van der Waals surface area contributed by atoms with E-state index in [1.165, 1.54) is 0 Å². The van der Waals surface area contributed by atoms with Crippen molar-refractivity contribution in [2.45, 2.75) is 12.8 Å². The van der Waals surface area contributed by atoms with Crippen LogP contribution in [0.15, 0.2) is 42.6 Å². The van der Waals surface area contributed by atoms with Crippen LogP contribution in [0.2, 0.25) is 0 Å². The molecule has 1 saturated heterocycles. The molecular weight excluding hydrogens is 352 g/mol. The van der Waals surface area contributed by atoms with Crippen molar-refractivity contribution in [2.24, 2.45) is 5.41 Å². The molecule has 3 rings (SSSR count). The number of carbonyl (C=O) groups excluding carboxylic acids is 1. The molecule has 6 heteroatoms. The van der Waals surface area contributed by atoms with Crippen molar-refractivity contribution < 1.29 is 9.90 Å². The van der Waals surface area contributed by atoms with E-state index in [1.807, 2.05) is 31.1 Å². The molecule has 1 amide bonds. The van der Waals surface area contributed by atoms with Gasteiger partial charge in [0.1, 0.15) is 6.07 Å². The number of nitrogens with zero attached hydrogens (tertiary/aromatic N) is 4. The third-order valence-corrected chi connectivity index (χ3v) is 5.27. The number of aliphatic hydroxyl groups is 1. The van der Waals surface area contributed by atoms with E-state index in [9.17, 15) is 15.2 Å². The lowest BCUT2D eigenvalue weighted by molar-refractivity contribution is 0.0138. The number of likely N-dealkylation sites (tertiary alicyclic amines) is 1. The van der Waals surface area contributed by atoms with Gasteiger partial charge in [0.2, 0.25) is 0 Å². The first kappa shape index (κ1) is 20.0. The van der Waals surface area contributed by atoms with Crippen molar-refractivity contribution in [3.63, 3.8) is 0 Å². The van der Waals surface area contributed by atoms with Gasteiger partial charge in [-0.3, -0.25) is 9.78 Å². The van der Waals surface area contributed by atoms with Crippen molar-refractivity contribution in [1.82, 2.24) is 14.8 Å². The Hall–Kier alpha value is -2.75. The summed E-state index contributed by atoms with van der Waals surface area (Å²) in [5.41, 5.74) is 2.27. The minimum Gasteiger partial charge on any atom is -0.396 e. The molecule has 0 saturated carbocycles. The Morgan fingerprint density at radius 2 is 2.07 bits per heavy atom. The topological polar surface area (TPSA) is 80.5 Å². The average molecular weight is 378 g/mol. The van der Waals surface area contributed by atoms with Crippen LogP contribution < -0.4 is 0 Å². The second-order valence-electron chi connectivity index (χ2n) is 7.81. The van der Waals surface area contributed by atoms with Crippen LogP contribution in [0.5, 0.6) is 0 Å². The lowest BCUT2D eigenvalue weighted by atomic mass is 9.80. The van der Waals surface area contributed by atoms with Gasteiger partial charge < -0.3 is 14.9 Å². The molecule has 0 bridgehead atoms. The van der Waals surface area contributed by atoms with Crippen LogP contribution in [0.1, 0.15) is 28.8 Å². The Morgan fingerprint density at radius 3 is 2.71 bits per heavy atom. The van der Waals surface area contributed by atoms with E-state index in [-0.39, 0.29) is 17.9 Å². The number of rotatable bonds is 5. The summed E-state index contributed by atoms with van der Waals surface area (Å²) in [4.78, 5) is 21.2. The Labute approximate surface area is 166 Å². The average Bonchev–Trinajstić information content (AvgIpc) is 2.73. The third kappa shape index (κ3) is 4.22. The van der Waals surface area contributed by atoms with Crippen LogP contribution in [-0.2, 0) is 0 Å². The summed E-state index contributed by atoms with van der Waals surface area (Å²) in [5.74, 6) is -0.0237. The molecule has 1 aliphatic rings. The van der Waals surface area contributed by atoms with Crippen LogP contribution in [0.4, 0.5) is 0 Å². The minimum absolute atomic E-state index is 0.0237. The zero-order valence-electron chi connectivity index (χ0n) is 16.4. The number of nitriles is 1. The molecule has 2 heterocycles. The van der Waals surface area contributed by atoms with Gasteiger partial charge >= 0.3 is 0 Å². The van der Waals surface area contributed by atoms with E-state index in [1.54, 1.807) is 30.5 Å². The standard InChI is InChI=1S/C22H26N4O2/c1-25(2)14-22(16-27)10-4-12-26(15-22)21(28)18-8-6-17(7-9-18)20-19(13-23)5-3-11-24-20/h3,5-9,11,27H,4,10,12,14-16H2,1-2H3/t22-/m1/s1. The zero-order valence-corrected chi connectivity index (χ0v) is 16.4. The first-order valence-corrected chi connectivity index (χ1v) is 9.48. The van der Waals surface area contributed by atoms with Gasteiger partial charge in [0, 0.05) is 42.4 Å². The summed E-state index contributed by atoms with van der Waals surface area (Å²) in [6.45, 7) is 2.09. The lowest BCUT2D eigenvalue weighted by Gasteiger charge is -2.43. The molecule has 0 radical (unpaired) electrons. The predicted octanol–water partition coefficient (Wildman–Crippen LogP) is 2.40. The van der Waals surface area contributed by atoms with Gasteiger partial charge in [-0.25, -0.2) is 0 Å². The summed E-state index contributed by atoms with van der Waals surface area (Å²) in [5, 5.41) is 19.2. The molecule has 1 aromatic carbocycles. The second-order valence-corrected chi connectivity index (χ2v) is 7.81. The highest BCUT2D eigenvalue weighted by Crippen LogP contribution is 2.31. The molecule has 28 heavy (non-hydrogen) atoms. The van der Waals surface area contributed by atoms with Crippen molar-refractivity contribution in [2.75, 3.05) is 40.3 Å². The van der Waals surface area contributed by atoms with Crippen molar-refractivity contribution in [3.8, 4) is 17.3 Å². The number of aromatic nitrogens is 1. The largest absolute Gasteiger partial charge is 0.396 e. The SMILES string of the molecule is CN(C)C[C@]1(CO)CCCN(C(=O)c2ccc(-c3ncccc3C#N)cc2)C1. The number of hydrogen-bond donors (Lipinski definition) is 1. The molecule has 2 aromatic rings. The number of hydrogen-bond acceptors (Lipinski definition) is 5. The van der Waals surface area contributed by atoms with Gasteiger partial charge in [0.15, 0.2) is 0 Å². The first-order chi connectivity index (χ1) is 13.5. The second kappa shape index (κ2) is 8.51. The monoisotopic (exact) mass is 378 g/mol. The van der Waals surface area contributed by atoms with E-state index >= 15 is 0 Å². The Balaban J connectivity index is 1.78. The minimum atomic E-state index is -0.271. The number of benzene rings is 1. The Morgan fingerprint density at radius 1 is 1.32 bits per heavy atom. The molecule has 1 atom stereocenters. The molecule has 1 N–H and O–H groups in total. The van der Waals surface area contributed by atoms with Gasteiger partial charge in [0.25, 0.3) is 5.91 Å². The lowest BCUT2D eigenvalue weighted by Crippen LogP contribution is -2.51. The van der Waals surface area contributed by atoms with Crippen LogP contribution in [-0.4, -0.2) is 66.1 Å². The van der Waals surface area contributed by atoms with E-state index in [2.05, 4.69) is 16.0 Å². The molecule has 1 aliphatic heterocycles. The number of aliphatic hydroxyl groups excluding tert-OH is 1. The summed E-state index contributed by atoms with van der Waals surface area (Å²) < 4.78 is 0. The fourth-order valence-electron chi connectivity index (χ4n) is 4.04. The van der Waals surface area contributed by atoms with Gasteiger partial charge in [-0.1, -0.05) is 12.1 Å². The first-order valence-electron chi connectivity index (χ1n) is 9.48. The van der Waals surface area contributed by atoms with Crippen molar-refractivity contribution in [3.05, 3.63) is 53.7 Å². The van der Waals surface area contributed by atoms with E-state index in [0.29, 0.717) is 29.9 Å². The normalized spacial score (nSPS) is 19.5. The van der Waals surface area contributed by atoms with Crippen LogP contribution in [0.25, 0.3) is 11.3 Å². The highest BCUT2D eigenvalue weighted by molar-refractivity contribution is 5.94. The smallest absolute Gasteiger partial charge is 0.253 e. The third-order valence-electron chi connectivity index (χ3n) is 5.27. The molecule has 1 fully saturated rings. The van der Waals surface area contributed by atoms with Crippen LogP contribution in [0.3, 0.4) is 0 Å². The van der Waals surface area contributed by atoms with Gasteiger partial charge in [-0.2, -0.15) is 5.26 Å². The molecule has 1 aromatic heterocycles. The van der Waals surface area contributed by atoms with E-state index in [4.69, 9.17) is 0 Å². The molecular formula is C22H26N4O2. The summed E-state index contributed by atoms with van der Waals surface area (Å²) in [6.07, 6.45) is 3.46. The Kier molecular flexibility index (Phi) is 6.08. The molecule has 0 spiro atoms. The Bertz CT molecular complexity index is 873. The summed E-state index contributed by atoms with van der Waals surface area (Å²) in [6, 6.07) is 12.9. The molecule has 0 unspecified atom stereocenters. The highest BCUT2D eigenvalue weighted by Gasteiger charge is 2.37. The predicted molar refractivity (Wildman–Crippen MR) is 108 cm³/mol. The van der Waals surface area contributed by atoms with Gasteiger partial charge in [-0.15, -0.1) is 0 Å². The maximum Gasteiger partial charge on any atom is 0.253 e. The van der Waals surface area contributed by atoms with Crippen LogP contribution in [0, 0.1) is 16.7 Å². The molecule has 146 valence electrons.